The predicted molar refractivity (Wildman–Crippen MR) is 254 cm³/mol. The molecule has 0 aromatic heterocycles. The first kappa shape index (κ1) is 52.5. The number of carboxylic acids is 2. The Balaban J connectivity index is 0.000000272. The number of thioether (sulfide) groups is 4. The molecule has 6 atom stereocenters. The van der Waals surface area contributed by atoms with Gasteiger partial charge in [-0.1, -0.05) is 60.7 Å². The molecule has 4 aliphatic heterocycles. The second-order valence-corrected chi connectivity index (χ2v) is 22.1. The Hall–Kier alpha value is -3.13. The van der Waals surface area contributed by atoms with Crippen molar-refractivity contribution in [3.8, 4) is 0 Å². The molecule has 4 fully saturated rings. The zero-order valence-electron chi connectivity index (χ0n) is 36.2. The average Bonchev–Trinajstić information content (AvgIpc) is 4.09. The number of rotatable bonds is 18. The topological polar surface area (TPSA) is 192 Å². The van der Waals surface area contributed by atoms with Crippen molar-refractivity contribution in [2.45, 2.75) is 111 Å². The number of amides is 2. The first-order chi connectivity index (χ1) is 29.7. The third-order valence-corrected chi connectivity index (χ3v) is 18.1. The number of halogens is 1. The molecule has 2 amide bonds. The monoisotopic (exact) mass is 968 g/mol. The number of benzene rings is 2. The maximum Gasteiger partial charge on any atom is 0.326 e. The van der Waals surface area contributed by atoms with Gasteiger partial charge in [-0.05, 0) is 64.5 Å². The number of carbonyl (C=O) groups excluding carboxylic acids is 4. The van der Waals surface area contributed by atoms with Crippen molar-refractivity contribution in [1.82, 2.24) is 20.4 Å². The fraction of sp³-hybridized carbons (Fsp3) is 0.591. The molecule has 4 heterocycles. The zero-order chi connectivity index (χ0) is 44.9. The summed E-state index contributed by atoms with van der Waals surface area (Å²) in [7, 11) is 0. The third-order valence-electron chi connectivity index (χ3n) is 11.3. The van der Waals surface area contributed by atoms with Crippen LogP contribution in [0.5, 0.6) is 0 Å². The van der Waals surface area contributed by atoms with E-state index >= 15 is 0 Å². The molecule has 0 bridgehead atoms. The normalized spacial score (nSPS) is 21.4. The van der Waals surface area contributed by atoms with E-state index in [1.165, 1.54) is 9.80 Å². The Morgan fingerprint density at radius 3 is 1.27 bits per heavy atom. The number of aliphatic carboxylic acids is 2. The molecule has 0 radical (unpaired) electrons. The van der Waals surface area contributed by atoms with Crippen LogP contribution in [0.25, 0.3) is 0 Å². The molecule has 2 spiro atoms. The van der Waals surface area contributed by atoms with Gasteiger partial charge in [-0.25, -0.2) is 9.59 Å². The highest BCUT2D eigenvalue weighted by Crippen LogP contribution is 2.53. The van der Waals surface area contributed by atoms with E-state index in [0.29, 0.717) is 51.6 Å². The summed E-state index contributed by atoms with van der Waals surface area (Å²) >= 11 is 6.99. The van der Waals surface area contributed by atoms with E-state index < -0.39 is 60.1 Å². The highest BCUT2D eigenvalue weighted by atomic mass is 35.5. The summed E-state index contributed by atoms with van der Waals surface area (Å²) in [4.78, 5) is 78.1. The number of esters is 2. The molecule has 6 rings (SSSR count). The van der Waals surface area contributed by atoms with E-state index in [2.05, 4.69) is 10.6 Å². The molecule has 348 valence electrons. The summed E-state index contributed by atoms with van der Waals surface area (Å²) in [6, 6.07) is 15.3. The molecule has 0 unspecified atom stereocenters. The van der Waals surface area contributed by atoms with Crippen molar-refractivity contribution in [3.05, 3.63) is 71.8 Å². The van der Waals surface area contributed by atoms with Crippen LogP contribution in [-0.2, 0) is 51.1 Å². The SMILES string of the molecule is CCOC(=O)[C@H](CCc1ccccc1)N[C@@H](C)C(=O)N1CC2(C[C@H]1C(=O)O)SCCS2.CCOC(=O)[C@H](CCc1ccccc1)N[C@@H](C)C(=O)N1CC2(C[C@H]1C(=O)O)SCCS2.Cl. The maximum atomic E-state index is 13.2. The number of hydrogen-bond donors (Lipinski definition) is 4. The van der Waals surface area contributed by atoms with Crippen molar-refractivity contribution in [1.29, 1.82) is 0 Å². The van der Waals surface area contributed by atoms with Crippen molar-refractivity contribution in [2.75, 3.05) is 49.3 Å². The predicted octanol–water partition coefficient (Wildman–Crippen LogP) is 5.20. The van der Waals surface area contributed by atoms with Gasteiger partial charge in [0.15, 0.2) is 0 Å². The molecule has 2 aromatic carbocycles. The molecule has 2 aromatic rings. The van der Waals surface area contributed by atoms with Crippen molar-refractivity contribution < 1.29 is 48.5 Å². The van der Waals surface area contributed by atoms with Crippen LogP contribution in [-0.4, -0.2) is 149 Å². The fourth-order valence-electron chi connectivity index (χ4n) is 8.17. The number of ether oxygens (including phenoxy) is 2. The van der Waals surface area contributed by atoms with E-state index in [1.54, 1.807) is 74.7 Å². The van der Waals surface area contributed by atoms with Crippen LogP contribution < -0.4 is 10.6 Å². The van der Waals surface area contributed by atoms with E-state index in [0.717, 1.165) is 34.1 Å². The lowest BCUT2D eigenvalue weighted by molar-refractivity contribution is -0.150. The molecular weight excluding hydrogens is 908 g/mol. The lowest BCUT2D eigenvalue weighted by Crippen LogP contribution is -2.53. The van der Waals surface area contributed by atoms with Crippen LogP contribution in [0.3, 0.4) is 0 Å². The minimum absolute atomic E-state index is 0. The van der Waals surface area contributed by atoms with Gasteiger partial charge >= 0.3 is 23.9 Å². The van der Waals surface area contributed by atoms with Crippen molar-refractivity contribution >= 4 is 95.1 Å². The van der Waals surface area contributed by atoms with E-state index in [1.807, 2.05) is 60.7 Å². The van der Waals surface area contributed by atoms with Crippen LogP contribution in [0.2, 0.25) is 0 Å². The van der Waals surface area contributed by atoms with E-state index in [4.69, 9.17) is 9.47 Å². The van der Waals surface area contributed by atoms with Crippen LogP contribution in [0.4, 0.5) is 0 Å². The number of nitrogens with zero attached hydrogens (tertiary/aromatic N) is 2. The summed E-state index contributed by atoms with van der Waals surface area (Å²) in [6.07, 6.45) is 3.19. The van der Waals surface area contributed by atoms with Gasteiger partial charge in [0, 0.05) is 48.9 Å². The largest absolute Gasteiger partial charge is 0.480 e. The number of nitrogens with one attached hydrogen (secondary N) is 2. The number of aryl methyl sites for hydroxylation is 2. The second kappa shape index (κ2) is 25.0. The minimum Gasteiger partial charge on any atom is -0.480 e. The van der Waals surface area contributed by atoms with Crippen LogP contribution in [0.15, 0.2) is 60.7 Å². The van der Waals surface area contributed by atoms with Crippen molar-refractivity contribution in [3.63, 3.8) is 0 Å². The molecular formula is C44H61ClN4O10S4. The Bertz CT molecular complexity index is 1710. The standard InChI is InChI=1S/2C22H30N2O5S2.ClH/c2*1-3-29-21(28)17(10-9-16-7-5-4-6-8-16)23-15(2)19(25)24-14-22(30-11-12-31-22)13-18(24)20(26)27;/h2*4-8,15,17-18,23H,3,9-14H2,1-2H3,(H,26,27);1H/t2*15-,17-,18-;/m00./s1. The average molecular weight is 970 g/mol. The van der Waals surface area contributed by atoms with Gasteiger partial charge in [-0.3, -0.25) is 29.8 Å². The Morgan fingerprint density at radius 2 is 0.968 bits per heavy atom. The minimum atomic E-state index is -0.975. The van der Waals surface area contributed by atoms with Gasteiger partial charge < -0.3 is 29.5 Å². The summed E-state index contributed by atoms with van der Waals surface area (Å²) in [5.41, 5.74) is 2.19. The number of carboxylic acid groups (broad SMARTS) is 2. The van der Waals surface area contributed by atoms with Gasteiger partial charge in [-0.2, -0.15) is 0 Å². The van der Waals surface area contributed by atoms with Gasteiger partial charge in [0.2, 0.25) is 11.8 Å². The van der Waals surface area contributed by atoms with Crippen molar-refractivity contribution in [2.24, 2.45) is 0 Å². The van der Waals surface area contributed by atoms with Gasteiger partial charge in [0.25, 0.3) is 0 Å². The quantitative estimate of drug-likeness (QED) is 0.142. The zero-order valence-corrected chi connectivity index (χ0v) is 40.3. The molecule has 19 heteroatoms. The number of likely N-dealkylation sites (tertiary alicyclic amines) is 2. The van der Waals surface area contributed by atoms with E-state index in [-0.39, 0.29) is 45.6 Å². The lowest BCUT2D eigenvalue weighted by Gasteiger charge is -2.28. The molecule has 63 heavy (non-hydrogen) atoms. The summed E-state index contributed by atoms with van der Waals surface area (Å²) < 4.78 is 9.95. The van der Waals surface area contributed by atoms with E-state index in [9.17, 15) is 39.0 Å². The summed E-state index contributed by atoms with van der Waals surface area (Å²) in [6.45, 7) is 8.23. The fourth-order valence-corrected chi connectivity index (χ4v) is 14.7. The number of carbonyl (C=O) groups is 6. The first-order valence-electron chi connectivity index (χ1n) is 21.3. The molecule has 0 aliphatic carbocycles. The third kappa shape index (κ3) is 14.4. The summed E-state index contributed by atoms with van der Waals surface area (Å²) in [5.74, 6) is 0.564. The second-order valence-electron chi connectivity index (χ2n) is 15.7. The lowest BCUT2D eigenvalue weighted by atomic mass is 10.0. The van der Waals surface area contributed by atoms with Gasteiger partial charge in [-0.15, -0.1) is 59.5 Å². The van der Waals surface area contributed by atoms with Gasteiger partial charge in [0.1, 0.15) is 24.2 Å². The highest BCUT2D eigenvalue weighted by molar-refractivity contribution is 8.21. The molecule has 0 saturated carbocycles. The highest BCUT2D eigenvalue weighted by Gasteiger charge is 2.53. The molecule has 4 aliphatic rings. The molecule has 14 nitrogen and oxygen atoms in total. The van der Waals surface area contributed by atoms with Crippen LogP contribution in [0.1, 0.15) is 64.5 Å². The Morgan fingerprint density at radius 1 is 0.635 bits per heavy atom. The summed E-state index contributed by atoms with van der Waals surface area (Å²) in [5, 5.41) is 25.6. The maximum absolute atomic E-state index is 13.2. The molecule has 4 saturated heterocycles. The Labute approximate surface area is 393 Å². The molecule has 4 N–H and O–H groups in total. The van der Waals surface area contributed by atoms with Crippen LogP contribution >= 0.6 is 59.5 Å². The number of hydrogen-bond acceptors (Lipinski definition) is 14. The Kier molecular flexibility index (Phi) is 20.8. The first-order valence-corrected chi connectivity index (χ1v) is 25.2. The smallest absolute Gasteiger partial charge is 0.326 e. The van der Waals surface area contributed by atoms with Crippen LogP contribution in [0, 0.1) is 0 Å². The van der Waals surface area contributed by atoms with Gasteiger partial charge in [0.05, 0.1) is 33.5 Å².